The minimum Gasteiger partial charge on any atom is -0.496 e. The molecule has 4 aromatic carbocycles. The maximum Gasteiger partial charge on any atom is 0.341 e. The molecule has 1 aliphatic rings. The summed E-state index contributed by atoms with van der Waals surface area (Å²) in [6.07, 6.45) is 9.51. The van der Waals surface area contributed by atoms with E-state index in [1.807, 2.05) is 12.2 Å². The molecule has 0 fully saturated rings. The average molecular weight is 1480 g/mol. The Morgan fingerprint density at radius 2 is 0.822 bits per heavy atom. The van der Waals surface area contributed by atoms with Crippen LogP contribution in [0.3, 0.4) is 0 Å². The highest BCUT2D eigenvalue weighted by Crippen LogP contribution is 2.29. The molecule has 1 aliphatic heterocycles. The minimum atomic E-state index is -1.48. The summed E-state index contributed by atoms with van der Waals surface area (Å²) in [6, 6.07) is 9.36. The molecular formula is C69H93N23O15. The number of guanidine groups is 4. The van der Waals surface area contributed by atoms with E-state index >= 15 is 0 Å². The van der Waals surface area contributed by atoms with Gasteiger partial charge in [-0.15, -0.1) is 0 Å². The third-order valence-corrected chi connectivity index (χ3v) is 15.7. The Bertz CT molecular complexity index is 4050. The van der Waals surface area contributed by atoms with Gasteiger partial charge in [-0.3, -0.25) is 64.8 Å². The van der Waals surface area contributed by atoms with E-state index in [9.17, 15) is 53.1 Å². The van der Waals surface area contributed by atoms with Crippen LogP contribution in [0.4, 0.5) is 22.7 Å². The number of rotatable bonds is 41. The highest BCUT2D eigenvalue weighted by molar-refractivity contribution is 6.08. The van der Waals surface area contributed by atoms with Crippen LogP contribution in [0.25, 0.3) is 0 Å². The van der Waals surface area contributed by atoms with Gasteiger partial charge in [0.15, 0.2) is 30.4 Å². The second-order valence-electron chi connectivity index (χ2n) is 23.7. The van der Waals surface area contributed by atoms with Gasteiger partial charge in [0, 0.05) is 68.1 Å². The molecule has 38 heteroatoms. The Balaban J connectivity index is 1.41. The van der Waals surface area contributed by atoms with E-state index in [-0.39, 0.29) is 151 Å². The molecule has 0 unspecified atom stereocenters. The van der Waals surface area contributed by atoms with Crippen LogP contribution in [0.5, 0.6) is 23.0 Å². The van der Waals surface area contributed by atoms with Crippen LogP contribution in [-0.4, -0.2) is 179 Å². The lowest BCUT2D eigenvalue weighted by molar-refractivity contribution is -0.139. The Kier molecular flexibility index (Phi) is 33.7. The van der Waals surface area contributed by atoms with Gasteiger partial charge in [-0.2, -0.15) is 0 Å². The van der Waals surface area contributed by atoms with E-state index in [4.69, 9.17) is 75.0 Å². The van der Waals surface area contributed by atoms with Crippen LogP contribution in [0, 0.1) is 21.6 Å². The highest BCUT2D eigenvalue weighted by atomic mass is 16.5. The number of hydrogen-bond acceptors (Lipinski definition) is 20. The zero-order valence-electron chi connectivity index (χ0n) is 59.1. The lowest BCUT2D eigenvalue weighted by Gasteiger charge is -2.22. The summed E-state index contributed by atoms with van der Waals surface area (Å²) in [4.78, 5) is 138. The van der Waals surface area contributed by atoms with E-state index < -0.39 is 107 Å². The van der Waals surface area contributed by atoms with Crippen molar-refractivity contribution in [3.8, 4) is 23.0 Å². The highest BCUT2D eigenvalue weighted by Gasteiger charge is 2.31. The number of allylic oxidation sites excluding steroid dienone is 4. The molecule has 30 N–H and O–H groups in total. The predicted octanol–water partition coefficient (Wildman–Crippen LogP) is -0.165. The van der Waals surface area contributed by atoms with Gasteiger partial charge >= 0.3 is 5.97 Å². The third kappa shape index (κ3) is 28.4. The normalized spacial score (nSPS) is 13.5. The number of carboxylic acid groups (broad SMARTS) is 1. The number of amides is 9. The predicted molar refractivity (Wildman–Crippen MR) is 400 cm³/mol. The molecule has 0 aliphatic carbocycles. The van der Waals surface area contributed by atoms with Crippen LogP contribution < -0.4 is 122 Å². The van der Waals surface area contributed by atoms with Crippen molar-refractivity contribution in [1.29, 1.82) is 21.6 Å². The molecule has 5 atom stereocenters. The number of benzene rings is 4. The zero-order chi connectivity index (χ0) is 78.7. The summed E-state index contributed by atoms with van der Waals surface area (Å²) in [5.41, 5.74) is 34.1. The molecule has 0 spiro atoms. The van der Waals surface area contributed by atoms with Crippen molar-refractivity contribution < 1.29 is 72.0 Å². The van der Waals surface area contributed by atoms with E-state index in [0.717, 1.165) is 6.07 Å². The number of nitrogens with one attached hydrogen (secondary N) is 17. The summed E-state index contributed by atoms with van der Waals surface area (Å²) in [5.74, 6) is -10.6. The molecule has 4 aromatic rings. The number of carbonyl (C=O) groups excluding carboxylic acids is 9. The Hall–Kier alpha value is -13.4. The maximum absolute atomic E-state index is 14.6. The number of hydrogen-bond donors (Lipinski definition) is 24. The van der Waals surface area contributed by atoms with Crippen molar-refractivity contribution in [2.24, 2.45) is 34.4 Å². The molecule has 0 saturated heterocycles. The zero-order valence-corrected chi connectivity index (χ0v) is 59.1. The van der Waals surface area contributed by atoms with Gasteiger partial charge in [-0.25, -0.2) is 4.79 Å². The molecule has 0 aromatic heterocycles. The largest absolute Gasteiger partial charge is 0.496 e. The number of aliphatic carboxylic acids is 1. The summed E-state index contributed by atoms with van der Waals surface area (Å²) >= 11 is 0. The molecule has 9 amide bonds. The Morgan fingerprint density at radius 1 is 0.486 bits per heavy atom. The lowest BCUT2D eigenvalue weighted by Crippen LogP contribution is -2.45. The fraction of sp³-hybridized carbons (Fsp3) is 0.333. The van der Waals surface area contributed by atoms with Crippen molar-refractivity contribution in [1.82, 2.24) is 47.9 Å². The summed E-state index contributed by atoms with van der Waals surface area (Å²) in [5, 5.41) is 74.7. The first-order valence-corrected chi connectivity index (χ1v) is 33.3. The molecule has 1 heterocycles. The fourth-order valence-electron chi connectivity index (χ4n) is 10.3. The fourth-order valence-corrected chi connectivity index (χ4v) is 10.3. The van der Waals surface area contributed by atoms with Gasteiger partial charge in [0.2, 0.25) is 29.5 Å². The molecule has 0 radical (unpaired) electrons. The van der Waals surface area contributed by atoms with Gasteiger partial charge in [-0.05, 0) is 135 Å². The van der Waals surface area contributed by atoms with E-state index in [0.29, 0.717) is 30.7 Å². The number of carbonyl (C=O) groups is 10. The van der Waals surface area contributed by atoms with E-state index in [1.165, 1.54) is 88.1 Å². The maximum atomic E-state index is 14.6. The molecule has 0 saturated carbocycles. The van der Waals surface area contributed by atoms with E-state index in [2.05, 4.69) is 75.7 Å². The first-order chi connectivity index (χ1) is 51.0. The van der Waals surface area contributed by atoms with Crippen LogP contribution in [0.1, 0.15) is 99.2 Å². The third-order valence-electron chi connectivity index (χ3n) is 15.7. The van der Waals surface area contributed by atoms with Crippen molar-refractivity contribution in [2.75, 3.05) is 81.9 Å². The summed E-state index contributed by atoms with van der Waals surface area (Å²) < 4.78 is 22.0. The minimum absolute atomic E-state index is 0.0299. The number of nitrogens with two attached hydrogens (primary N) is 6. The molecule has 38 nitrogen and oxygen atoms in total. The molecule has 574 valence electrons. The van der Waals surface area contributed by atoms with Crippen LogP contribution in [0.15, 0.2) is 121 Å². The summed E-state index contributed by atoms with van der Waals surface area (Å²) in [7, 11) is 3.86. The smallest absolute Gasteiger partial charge is 0.341 e. The quantitative estimate of drug-likeness (QED) is 0.0156. The van der Waals surface area contributed by atoms with E-state index in [1.54, 1.807) is 18.4 Å². The second-order valence-corrected chi connectivity index (χ2v) is 23.7. The average Bonchev–Trinajstić information content (AvgIpc) is 0.931. The standard InChI is InChI=1S/C69H93N23O15/c1-37-12-6-5-7-25-80-35-38(37)30-51(57(71)95)92-60(98)45-33-41(19-23-54(45)106-4)87-63(101)48(14-9-27-82-67(74)75)90-59(97)44-32-40(18-22-53(44)105-3)86-65(103)50(16-11-29-84-69(78)79)91-61(99)46-34-42(20-24-55(46)107-36-56(93)94)88-64(102)49(15-10-28-83-68(76)77)89-58(96)43-31-39(17-21-52(43)104-2)85-62(100)47(70)13-8-26-81-66(72)73/h5-7,12,17-24,31-35,47-51,80H,1,8-11,13-16,25-30,36,70H2,2-4H3,(H2,71,95)(H,85,100)(H,86,103)(H,87,101)(H,88,102)(H,89,96)(H,90,97)(H,91,99)(H,92,98)(H,93,94)(H4,72,73,81)(H4,74,75,82)(H4,76,77,83)(H4,78,79,84)/b7-5-,12-6-,38-35?/t47-,48-,49-,50-,51-/m1/s1. The van der Waals surface area contributed by atoms with Crippen molar-refractivity contribution in [3.05, 3.63) is 143 Å². The van der Waals surface area contributed by atoms with Crippen molar-refractivity contribution in [3.63, 3.8) is 0 Å². The number of methoxy groups -OCH3 is 3. The number of ether oxygens (including phenoxy) is 4. The number of primary amides is 1. The number of carboxylic acids is 1. The lowest BCUT2D eigenvalue weighted by atomic mass is 9.99. The SMILES string of the molecule is C=C1/C=C\C=C/CNC=C1C[C@@H](NC(=O)c1cc(NC(=O)[C@@H](CCCNC(=N)N)NC(=O)c2cc(NC(=O)[C@@H](CCCNC(=N)N)NC(=O)c3cc(NC(=O)[C@@H](CCCNC(=N)N)NC(=O)c4cc(NC(=O)[C@H](N)CCCNC(=N)N)ccc4OC)ccc3OCC(=O)O)ccc2OC)ccc1OC)C(N)=O. The Morgan fingerprint density at radius 3 is 1.17 bits per heavy atom. The topological polar surface area (TPSA) is 636 Å². The van der Waals surface area contributed by atoms with Crippen LogP contribution >= 0.6 is 0 Å². The van der Waals surface area contributed by atoms with Crippen LogP contribution in [-0.2, 0) is 28.8 Å². The van der Waals surface area contributed by atoms with Gasteiger partial charge in [-0.1, -0.05) is 30.9 Å². The van der Waals surface area contributed by atoms with Crippen molar-refractivity contribution in [2.45, 2.75) is 88.0 Å². The van der Waals surface area contributed by atoms with Gasteiger partial charge in [0.25, 0.3) is 23.6 Å². The van der Waals surface area contributed by atoms with Crippen molar-refractivity contribution >= 4 is 106 Å². The van der Waals surface area contributed by atoms with Crippen LogP contribution in [0.2, 0.25) is 0 Å². The Labute approximate surface area is 615 Å². The van der Waals surface area contributed by atoms with Gasteiger partial charge in [0.05, 0.1) is 49.6 Å². The summed E-state index contributed by atoms with van der Waals surface area (Å²) in [6.45, 7) is 4.08. The first-order valence-electron chi connectivity index (χ1n) is 33.3. The first kappa shape index (κ1) is 84.2. The molecule has 0 bridgehead atoms. The molecular weight excluding hydrogens is 1390 g/mol. The molecule has 107 heavy (non-hydrogen) atoms. The monoisotopic (exact) mass is 1480 g/mol. The number of anilines is 4. The van der Waals surface area contributed by atoms with Gasteiger partial charge in [0.1, 0.15) is 47.2 Å². The molecule has 5 rings (SSSR count). The van der Waals surface area contributed by atoms with Gasteiger partial charge < -0.3 is 128 Å². The second kappa shape index (κ2) is 42.9.